The third-order valence-corrected chi connectivity index (χ3v) is 4.95. The first-order valence-electron chi connectivity index (χ1n) is 10.5. The van der Waals surface area contributed by atoms with Crippen molar-refractivity contribution in [2.45, 2.75) is 33.2 Å². The Morgan fingerprint density at radius 3 is 2.62 bits per heavy atom. The largest absolute Gasteiger partial charge is 0.424 e. The molecule has 4 rings (SSSR count). The number of amides is 2. The zero-order chi connectivity index (χ0) is 24.5. The fraction of sp³-hybridized carbons (Fsp3) is 0.261. The second kappa shape index (κ2) is 8.93. The number of ether oxygens (including phenoxy) is 1. The smallest absolute Gasteiger partial charge is 0.324 e. The number of rotatable bonds is 5. The van der Waals surface area contributed by atoms with Crippen molar-refractivity contribution in [3.63, 3.8) is 0 Å². The number of carbonyl (C=O) groups excluding carboxylic acids is 1. The van der Waals surface area contributed by atoms with Gasteiger partial charge in [-0.2, -0.15) is 10.1 Å². The molecule has 0 radical (unpaired) electrons. The number of aromatic nitrogens is 6. The first-order chi connectivity index (χ1) is 16.1. The summed E-state index contributed by atoms with van der Waals surface area (Å²) in [4.78, 5) is 25.1. The lowest BCUT2D eigenvalue weighted by Crippen LogP contribution is -2.21. The average molecular weight is 465 g/mol. The molecule has 2 amide bonds. The van der Waals surface area contributed by atoms with Gasteiger partial charge in [-0.1, -0.05) is 0 Å². The molecule has 0 saturated heterocycles. The molecule has 34 heavy (non-hydrogen) atoms. The Kier molecular flexibility index (Phi) is 6.01. The van der Waals surface area contributed by atoms with E-state index < -0.39 is 11.8 Å². The lowest BCUT2D eigenvalue weighted by Gasteiger charge is -2.19. The molecule has 0 fully saturated rings. The minimum Gasteiger partial charge on any atom is -0.424 e. The van der Waals surface area contributed by atoms with Crippen LogP contribution in [0, 0.1) is 12.7 Å². The van der Waals surface area contributed by atoms with E-state index in [0.29, 0.717) is 22.8 Å². The Bertz CT molecular complexity index is 1340. The normalized spacial score (nSPS) is 11.4. The molecular weight excluding hydrogens is 439 g/mol. The van der Waals surface area contributed by atoms with Crippen molar-refractivity contribution < 1.29 is 13.9 Å². The molecular formula is C23H25FN8O2. The highest BCUT2D eigenvalue weighted by molar-refractivity contribution is 5.99. The van der Waals surface area contributed by atoms with Crippen LogP contribution in [-0.4, -0.2) is 35.3 Å². The lowest BCUT2D eigenvalue weighted by molar-refractivity contribution is 0.262. The van der Waals surface area contributed by atoms with Crippen LogP contribution in [0.25, 0.3) is 11.3 Å². The van der Waals surface area contributed by atoms with Gasteiger partial charge in [0.15, 0.2) is 5.82 Å². The van der Waals surface area contributed by atoms with Crippen molar-refractivity contribution in [3.05, 3.63) is 60.7 Å². The molecule has 3 heterocycles. The number of halogens is 1. The number of imidazole rings is 1. The molecule has 0 spiro atoms. The molecule has 11 heteroatoms. The van der Waals surface area contributed by atoms with E-state index in [-0.39, 0.29) is 17.2 Å². The number of nitrogens with one attached hydrogen (secondary N) is 2. The van der Waals surface area contributed by atoms with E-state index in [2.05, 4.69) is 30.7 Å². The van der Waals surface area contributed by atoms with Gasteiger partial charge in [-0.3, -0.25) is 10.00 Å². The molecule has 3 aromatic heterocycles. The van der Waals surface area contributed by atoms with E-state index in [4.69, 9.17) is 4.74 Å². The Morgan fingerprint density at radius 1 is 1.15 bits per heavy atom. The van der Waals surface area contributed by atoms with Crippen LogP contribution in [-0.2, 0) is 12.6 Å². The fourth-order valence-electron chi connectivity index (χ4n) is 3.09. The van der Waals surface area contributed by atoms with Gasteiger partial charge >= 0.3 is 12.0 Å². The van der Waals surface area contributed by atoms with Gasteiger partial charge < -0.3 is 14.6 Å². The third-order valence-electron chi connectivity index (χ3n) is 4.95. The molecule has 2 N–H and O–H groups in total. The first kappa shape index (κ1) is 22.9. The highest BCUT2D eigenvalue weighted by Gasteiger charge is 2.16. The molecule has 0 aliphatic rings. The van der Waals surface area contributed by atoms with E-state index in [0.717, 1.165) is 5.56 Å². The maximum Gasteiger partial charge on any atom is 0.324 e. The van der Waals surface area contributed by atoms with Crippen LogP contribution in [0.5, 0.6) is 11.8 Å². The van der Waals surface area contributed by atoms with E-state index in [1.807, 2.05) is 38.6 Å². The minimum absolute atomic E-state index is 0.0585. The van der Waals surface area contributed by atoms with Gasteiger partial charge in [0.05, 0.1) is 23.9 Å². The van der Waals surface area contributed by atoms with E-state index in [1.54, 1.807) is 42.6 Å². The predicted octanol–water partition coefficient (Wildman–Crippen LogP) is 4.71. The zero-order valence-corrected chi connectivity index (χ0v) is 19.5. The molecule has 0 bridgehead atoms. The van der Waals surface area contributed by atoms with E-state index >= 15 is 0 Å². The molecule has 1 aromatic carbocycles. The number of urea groups is 1. The fourth-order valence-corrected chi connectivity index (χ4v) is 3.09. The van der Waals surface area contributed by atoms with Crippen molar-refractivity contribution >= 4 is 17.5 Å². The SMILES string of the molecule is Cc1cc(F)c(NC(=O)Nc2cn(C(C)(C)C)cn2)cc1Oc1nccc(-c2cnn(C)c2)n1. The van der Waals surface area contributed by atoms with Crippen LogP contribution in [0.15, 0.2) is 49.3 Å². The van der Waals surface area contributed by atoms with Gasteiger partial charge in [0, 0.05) is 42.8 Å². The summed E-state index contributed by atoms with van der Waals surface area (Å²) in [5.41, 5.74) is 1.71. The third kappa shape index (κ3) is 5.20. The summed E-state index contributed by atoms with van der Waals surface area (Å²) in [6.07, 6.45) is 8.38. The Morgan fingerprint density at radius 2 is 1.94 bits per heavy atom. The molecule has 0 saturated carbocycles. The van der Waals surface area contributed by atoms with Crippen LogP contribution < -0.4 is 15.4 Å². The molecule has 4 aromatic rings. The number of hydrogen-bond donors (Lipinski definition) is 2. The summed E-state index contributed by atoms with van der Waals surface area (Å²) >= 11 is 0. The second-order valence-corrected chi connectivity index (χ2v) is 8.74. The van der Waals surface area contributed by atoms with Crippen molar-refractivity contribution in [3.8, 4) is 23.0 Å². The summed E-state index contributed by atoms with van der Waals surface area (Å²) in [5.74, 6) is 0.0410. The van der Waals surface area contributed by atoms with Gasteiger partial charge in [0.2, 0.25) is 0 Å². The van der Waals surface area contributed by atoms with Crippen LogP contribution in [0.4, 0.5) is 20.7 Å². The quantitative estimate of drug-likeness (QED) is 0.442. The molecule has 0 aliphatic carbocycles. The highest BCUT2D eigenvalue weighted by atomic mass is 19.1. The Labute approximate surface area is 195 Å². The molecule has 176 valence electrons. The van der Waals surface area contributed by atoms with Crippen molar-refractivity contribution in [1.82, 2.24) is 29.3 Å². The van der Waals surface area contributed by atoms with Crippen LogP contribution in [0.2, 0.25) is 0 Å². The van der Waals surface area contributed by atoms with Crippen molar-refractivity contribution in [1.29, 1.82) is 0 Å². The summed E-state index contributed by atoms with van der Waals surface area (Å²) in [5, 5.41) is 9.23. The molecule has 10 nitrogen and oxygen atoms in total. The molecule has 0 unspecified atom stereocenters. The molecule has 0 atom stereocenters. The summed E-state index contributed by atoms with van der Waals surface area (Å²) in [6.45, 7) is 7.72. The number of aryl methyl sites for hydroxylation is 2. The monoisotopic (exact) mass is 464 g/mol. The molecule has 0 aliphatic heterocycles. The Balaban J connectivity index is 1.50. The maximum absolute atomic E-state index is 14.6. The Hall–Kier alpha value is -4.28. The van der Waals surface area contributed by atoms with Gasteiger partial charge in [0.25, 0.3) is 0 Å². The number of benzene rings is 1. The minimum atomic E-state index is -0.636. The van der Waals surface area contributed by atoms with E-state index in [9.17, 15) is 9.18 Å². The second-order valence-electron chi connectivity index (χ2n) is 8.74. The van der Waals surface area contributed by atoms with Gasteiger partial charge in [-0.05, 0) is 45.4 Å². The topological polar surface area (TPSA) is 112 Å². The highest BCUT2D eigenvalue weighted by Crippen LogP contribution is 2.30. The lowest BCUT2D eigenvalue weighted by atomic mass is 10.1. The van der Waals surface area contributed by atoms with Crippen LogP contribution in [0.3, 0.4) is 0 Å². The zero-order valence-electron chi connectivity index (χ0n) is 19.5. The van der Waals surface area contributed by atoms with Gasteiger partial charge in [-0.25, -0.2) is 19.2 Å². The number of anilines is 2. The summed E-state index contributed by atoms with van der Waals surface area (Å²) in [7, 11) is 1.81. The van der Waals surface area contributed by atoms with Gasteiger partial charge in [-0.15, -0.1) is 0 Å². The standard InChI is InChI=1S/C23H25FN8O2/c1-14-8-16(24)18(28-21(33)30-20-12-32(13-26-20)23(2,3)4)9-19(14)34-22-25-7-6-17(29-22)15-10-27-31(5)11-15/h6-13H,1-5H3,(H2,28,30,33). The van der Waals surface area contributed by atoms with Crippen LogP contribution >= 0.6 is 0 Å². The van der Waals surface area contributed by atoms with Crippen molar-refractivity contribution in [2.75, 3.05) is 10.6 Å². The number of nitrogens with zero attached hydrogens (tertiary/aromatic N) is 6. The van der Waals surface area contributed by atoms with E-state index in [1.165, 1.54) is 12.1 Å². The van der Waals surface area contributed by atoms with Crippen LogP contribution in [0.1, 0.15) is 26.3 Å². The summed E-state index contributed by atoms with van der Waals surface area (Å²) < 4.78 is 23.9. The number of carbonyl (C=O) groups is 1. The number of hydrogen-bond acceptors (Lipinski definition) is 6. The maximum atomic E-state index is 14.6. The van der Waals surface area contributed by atoms with Crippen molar-refractivity contribution in [2.24, 2.45) is 7.05 Å². The average Bonchev–Trinajstić information content (AvgIpc) is 3.41. The predicted molar refractivity (Wildman–Crippen MR) is 125 cm³/mol. The summed E-state index contributed by atoms with van der Waals surface area (Å²) in [6, 6.07) is 3.84. The van der Waals surface area contributed by atoms with Gasteiger partial charge in [0.1, 0.15) is 11.6 Å². The first-order valence-corrected chi connectivity index (χ1v) is 10.5.